The molecule has 0 amide bonds. The maximum Gasteiger partial charge on any atom is 0.400 e. The molecule has 3 rings (SSSR count). The number of aromatic nitrogens is 1. The van der Waals surface area contributed by atoms with Gasteiger partial charge in [0.15, 0.2) is 5.58 Å². The molecular weight excluding hydrogens is 373 g/mol. The molecule has 0 fully saturated rings. The van der Waals surface area contributed by atoms with E-state index in [-0.39, 0.29) is 11.6 Å². The Morgan fingerprint density at radius 1 is 1.25 bits per heavy atom. The number of oxazole rings is 1. The number of ether oxygens (including phenoxy) is 1. The van der Waals surface area contributed by atoms with E-state index in [9.17, 15) is 4.79 Å². The molecule has 0 bridgehead atoms. The number of carbonyl (C=O) groups is 1. The highest BCUT2D eigenvalue weighted by atomic mass is 127. The lowest BCUT2D eigenvalue weighted by molar-refractivity contribution is 0.0696. The summed E-state index contributed by atoms with van der Waals surface area (Å²) in [6.07, 6.45) is 0.0895. The molecule has 5 nitrogen and oxygen atoms in total. The zero-order valence-electron chi connectivity index (χ0n) is 10.0. The number of carboxylic acids is 1. The Labute approximate surface area is 127 Å². The molecule has 0 saturated heterocycles. The molecule has 1 aromatic heterocycles. The number of hydrogen-bond donors (Lipinski definition) is 1. The van der Waals surface area contributed by atoms with E-state index in [1.165, 1.54) is 12.1 Å². The van der Waals surface area contributed by atoms with Crippen LogP contribution in [0, 0.1) is 3.57 Å². The highest BCUT2D eigenvalue weighted by molar-refractivity contribution is 14.1. The summed E-state index contributed by atoms with van der Waals surface area (Å²) in [6, 6.07) is 11.9. The Balaban J connectivity index is 1.97. The van der Waals surface area contributed by atoms with Gasteiger partial charge < -0.3 is 14.3 Å². The largest absolute Gasteiger partial charge is 0.478 e. The van der Waals surface area contributed by atoms with Crippen LogP contribution in [0.25, 0.3) is 11.1 Å². The lowest BCUT2D eigenvalue weighted by Crippen LogP contribution is -1.97. The molecule has 0 saturated carbocycles. The van der Waals surface area contributed by atoms with Crippen molar-refractivity contribution in [2.45, 2.75) is 0 Å². The van der Waals surface area contributed by atoms with Crippen molar-refractivity contribution in [3.63, 3.8) is 0 Å². The van der Waals surface area contributed by atoms with Crippen molar-refractivity contribution in [2.24, 2.45) is 0 Å². The normalized spacial score (nSPS) is 10.7. The molecule has 1 N–H and O–H groups in total. The summed E-state index contributed by atoms with van der Waals surface area (Å²) in [7, 11) is 0. The first-order valence-corrected chi connectivity index (χ1v) is 6.77. The van der Waals surface area contributed by atoms with Gasteiger partial charge in [-0.15, -0.1) is 0 Å². The standard InChI is InChI=1S/C14H8INO4/c15-9-6-5-8(13(17)18)7-12(9)20-14-16-10-3-1-2-4-11(10)19-14/h1-7H,(H,17,18). The summed E-state index contributed by atoms with van der Waals surface area (Å²) in [4.78, 5) is 15.1. The average molecular weight is 381 g/mol. The monoisotopic (exact) mass is 381 g/mol. The number of carboxylic acid groups (broad SMARTS) is 1. The van der Waals surface area contributed by atoms with E-state index in [2.05, 4.69) is 27.6 Å². The molecule has 1 heterocycles. The fourth-order valence-corrected chi connectivity index (χ4v) is 2.15. The fraction of sp³-hybridized carbons (Fsp3) is 0. The molecule has 6 heteroatoms. The third kappa shape index (κ3) is 2.46. The van der Waals surface area contributed by atoms with Crippen molar-refractivity contribution < 1.29 is 19.1 Å². The Bertz CT molecular complexity index is 764. The molecule has 2 aromatic carbocycles. The minimum atomic E-state index is -1.01. The topological polar surface area (TPSA) is 72.6 Å². The van der Waals surface area contributed by atoms with Crippen LogP contribution in [-0.4, -0.2) is 16.1 Å². The maximum absolute atomic E-state index is 11.0. The lowest BCUT2D eigenvalue weighted by atomic mass is 10.2. The molecule has 0 aliphatic heterocycles. The van der Waals surface area contributed by atoms with Gasteiger partial charge in [0.2, 0.25) is 0 Å². The second-order valence-corrected chi connectivity index (χ2v) is 5.16. The zero-order chi connectivity index (χ0) is 14.1. The average Bonchev–Trinajstić information content (AvgIpc) is 2.83. The predicted molar refractivity (Wildman–Crippen MR) is 80.2 cm³/mol. The van der Waals surface area contributed by atoms with E-state index < -0.39 is 5.97 Å². The van der Waals surface area contributed by atoms with Gasteiger partial charge in [0.1, 0.15) is 11.3 Å². The van der Waals surface area contributed by atoms with Gasteiger partial charge in [0.25, 0.3) is 0 Å². The van der Waals surface area contributed by atoms with Gasteiger partial charge in [-0.3, -0.25) is 0 Å². The van der Waals surface area contributed by atoms with Crippen molar-refractivity contribution in [3.05, 3.63) is 51.6 Å². The van der Waals surface area contributed by atoms with Crippen LogP contribution in [0.15, 0.2) is 46.9 Å². The number of rotatable bonds is 3. The van der Waals surface area contributed by atoms with Crippen LogP contribution in [0.5, 0.6) is 11.8 Å². The van der Waals surface area contributed by atoms with Crippen LogP contribution < -0.4 is 4.74 Å². The minimum Gasteiger partial charge on any atom is -0.478 e. The quantitative estimate of drug-likeness (QED) is 0.697. The molecule has 100 valence electrons. The molecule has 0 atom stereocenters. The lowest BCUT2D eigenvalue weighted by Gasteiger charge is -2.04. The van der Waals surface area contributed by atoms with Gasteiger partial charge in [-0.05, 0) is 52.9 Å². The molecule has 3 aromatic rings. The minimum absolute atomic E-state index is 0.0895. The Kier molecular flexibility index (Phi) is 3.31. The van der Waals surface area contributed by atoms with E-state index in [4.69, 9.17) is 14.3 Å². The molecular formula is C14H8INO4. The van der Waals surface area contributed by atoms with E-state index in [0.29, 0.717) is 16.8 Å². The number of hydrogen-bond acceptors (Lipinski definition) is 4. The van der Waals surface area contributed by atoms with Gasteiger partial charge in [-0.2, -0.15) is 4.98 Å². The number of para-hydroxylation sites is 2. The SMILES string of the molecule is O=C(O)c1ccc(I)c(Oc2nc3ccccc3o2)c1. The highest BCUT2D eigenvalue weighted by Gasteiger charge is 2.12. The van der Waals surface area contributed by atoms with Crippen LogP contribution in [0.1, 0.15) is 10.4 Å². The fourth-order valence-electron chi connectivity index (χ4n) is 1.70. The third-order valence-corrected chi connectivity index (χ3v) is 3.54. The van der Waals surface area contributed by atoms with E-state index in [1.54, 1.807) is 12.1 Å². The molecule has 20 heavy (non-hydrogen) atoms. The number of fused-ring (bicyclic) bond motifs is 1. The Hall–Kier alpha value is -2.09. The van der Waals surface area contributed by atoms with E-state index >= 15 is 0 Å². The predicted octanol–water partition coefficient (Wildman–Crippen LogP) is 3.92. The summed E-state index contributed by atoms with van der Waals surface area (Å²) in [6.45, 7) is 0. The third-order valence-electron chi connectivity index (χ3n) is 2.65. The van der Waals surface area contributed by atoms with Gasteiger partial charge in [-0.1, -0.05) is 12.1 Å². The van der Waals surface area contributed by atoms with Crippen LogP contribution in [0.2, 0.25) is 0 Å². The first-order valence-electron chi connectivity index (χ1n) is 5.70. The van der Waals surface area contributed by atoms with Crippen LogP contribution in [0.3, 0.4) is 0 Å². The van der Waals surface area contributed by atoms with E-state index in [1.807, 2.05) is 18.2 Å². The van der Waals surface area contributed by atoms with Crippen LogP contribution in [0.4, 0.5) is 0 Å². The molecule has 0 spiro atoms. The van der Waals surface area contributed by atoms with Gasteiger partial charge in [-0.25, -0.2) is 4.79 Å². The number of aromatic carboxylic acids is 1. The van der Waals surface area contributed by atoms with Gasteiger partial charge in [0.05, 0.1) is 9.13 Å². The highest BCUT2D eigenvalue weighted by Crippen LogP contribution is 2.29. The molecule has 0 radical (unpaired) electrons. The Morgan fingerprint density at radius 2 is 2.05 bits per heavy atom. The summed E-state index contributed by atoms with van der Waals surface area (Å²) in [5.41, 5.74) is 1.45. The van der Waals surface area contributed by atoms with Crippen LogP contribution >= 0.6 is 22.6 Å². The molecule has 0 aliphatic carbocycles. The van der Waals surface area contributed by atoms with Gasteiger partial charge >= 0.3 is 12.0 Å². The number of nitrogens with zero attached hydrogens (tertiary/aromatic N) is 1. The number of benzene rings is 2. The summed E-state index contributed by atoms with van der Waals surface area (Å²) in [5.74, 6) is -0.610. The zero-order valence-corrected chi connectivity index (χ0v) is 12.2. The van der Waals surface area contributed by atoms with Crippen molar-refractivity contribution in [1.29, 1.82) is 0 Å². The summed E-state index contributed by atoms with van der Waals surface area (Å²) >= 11 is 2.06. The smallest absolute Gasteiger partial charge is 0.400 e. The molecule has 0 aliphatic rings. The Morgan fingerprint density at radius 3 is 2.80 bits per heavy atom. The summed E-state index contributed by atoms with van der Waals surface area (Å²) in [5, 5.41) is 8.98. The summed E-state index contributed by atoms with van der Waals surface area (Å²) < 4.78 is 11.8. The van der Waals surface area contributed by atoms with E-state index in [0.717, 1.165) is 3.57 Å². The van der Waals surface area contributed by atoms with Crippen molar-refractivity contribution in [3.8, 4) is 11.8 Å². The molecule has 0 unspecified atom stereocenters. The van der Waals surface area contributed by atoms with Crippen molar-refractivity contribution in [2.75, 3.05) is 0 Å². The number of halogens is 1. The van der Waals surface area contributed by atoms with Crippen LogP contribution in [-0.2, 0) is 0 Å². The van der Waals surface area contributed by atoms with Gasteiger partial charge in [0, 0.05) is 0 Å². The maximum atomic E-state index is 11.0. The first kappa shape index (κ1) is 12.9. The second-order valence-electron chi connectivity index (χ2n) is 4.00. The van der Waals surface area contributed by atoms with Crippen molar-refractivity contribution >= 4 is 39.7 Å². The van der Waals surface area contributed by atoms with Crippen molar-refractivity contribution in [1.82, 2.24) is 4.98 Å². The second kappa shape index (κ2) is 5.12. The first-order chi connectivity index (χ1) is 9.63.